The molecule has 2 aromatic carbocycles. The van der Waals surface area contributed by atoms with Crippen molar-refractivity contribution in [1.29, 1.82) is 0 Å². The molecule has 40 heavy (non-hydrogen) atoms. The number of unbranched alkanes of at least 4 members (excludes halogenated alkanes) is 2. The summed E-state index contributed by atoms with van der Waals surface area (Å²) < 4.78 is 12.6. The van der Waals surface area contributed by atoms with Crippen LogP contribution in [0.4, 0.5) is 0 Å². The first-order valence-electron chi connectivity index (χ1n) is 15.4. The van der Waals surface area contributed by atoms with Gasteiger partial charge in [-0.25, -0.2) is 0 Å². The van der Waals surface area contributed by atoms with Crippen LogP contribution in [0.15, 0.2) is 46.2 Å². The number of hydrogen-bond acceptors (Lipinski definition) is 4. The van der Waals surface area contributed by atoms with Gasteiger partial charge in [0, 0.05) is 0 Å². The average Bonchev–Trinajstić information content (AvgIpc) is 2.81. The largest absolute Gasteiger partial charge is 0.492 e. The topological polar surface area (TPSA) is 18.5 Å². The quantitative estimate of drug-likeness (QED) is 0.152. The lowest BCUT2D eigenvalue weighted by molar-refractivity contribution is 0.281. The summed E-state index contributed by atoms with van der Waals surface area (Å²) in [7, 11) is 3.61. The van der Waals surface area contributed by atoms with E-state index in [4.69, 9.17) is 9.47 Å². The third-order valence-electron chi connectivity index (χ3n) is 7.13. The van der Waals surface area contributed by atoms with E-state index in [-0.39, 0.29) is 21.7 Å². The fraction of sp³-hybridized carbons (Fsp3) is 0.667. The van der Waals surface area contributed by atoms with E-state index < -0.39 is 0 Å². The van der Waals surface area contributed by atoms with Crippen molar-refractivity contribution in [3.05, 3.63) is 47.5 Å². The molecule has 0 saturated carbocycles. The Bertz CT molecular complexity index is 972. The molecule has 0 unspecified atom stereocenters. The predicted octanol–water partition coefficient (Wildman–Crippen LogP) is 12.3. The average molecular weight is 587 g/mol. The molecule has 0 aliphatic heterocycles. The highest BCUT2D eigenvalue weighted by atomic mass is 33.1. The van der Waals surface area contributed by atoms with Gasteiger partial charge in [0.15, 0.2) is 0 Å². The normalized spacial score (nSPS) is 13.0. The smallest absolute Gasteiger partial charge is 0.133 e. The molecule has 0 aliphatic carbocycles. The van der Waals surface area contributed by atoms with Crippen molar-refractivity contribution in [2.75, 3.05) is 13.2 Å². The zero-order valence-electron chi connectivity index (χ0n) is 27.8. The van der Waals surface area contributed by atoms with E-state index in [9.17, 15) is 0 Å². The first-order valence-corrected chi connectivity index (χ1v) is 17.5. The summed E-state index contributed by atoms with van der Waals surface area (Å²) in [6, 6.07) is 13.7. The minimum absolute atomic E-state index is 0.0749. The summed E-state index contributed by atoms with van der Waals surface area (Å²) in [5.74, 6) is 1.97. The second kappa shape index (κ2) is 14.8. The van der Waals surface area contributed by atoms with Gasteiger partial charge in [-0.1, -0.05) is 108 Å². The van der Waals surface area contributed by atoms with Gasteiger partial charge in [0.1, 0.15) is 11.5 Å². The fourth-order valence-corrected chi connectivity index (χ4v) is 8.09. The summed E-state index contributed by atoms with van der Waals surface area (Å²) >= 11 is 0. The van der Waals surface area contributed by atoms with Gasteiger partial charge in [-0.2, -0.15) is 0 Å². The van der Waals surface area contributed by atoms with Crippen LogP contribution in [0.25, 0.3) is 0 Å². The van der Waals surface area contributed by atoms with Crippen LogP contribution in [-0.4, -0.2) is 13.2 Å². The van der Waals surface area contributed by atoms with Gasteiger partial charge in [0.2, 0.25) is 0 Å². The zero-order valence-corrected chi connectivity index (χ0v) is 29.4. The summed E-state index contributed by atoms with van der Waals surface area (Å²) in [5, 5.41) is 0. The Morgan fingerprint density at radius 3 is 1.20 bits per heavy atom. The molecule has 0 fully saturated rings. The highest BCUT2D eigenvalue weighted by molar-refractivity contribution is 8.76. The first-order chi connectivity index (χ1) is 18.5. The fourth-order valence-electron chi connectivity index (χ4n) is 5.83. The van der Waals surface area contributed by atoms with E-state index in [0.717, 1.165) is 63.2 Å². The van der Waals surface area contributed by atoms with Gasteiger partial charge >= 0.3 is 0 Å². The van der Waals surface area contributed by atoms with Gasteiger partial charge in [0.05, 0.1) is 23.0 Å². The van der Waals surface area contributed by atoms with Crippen LogP contribution in [-0.2, 0) is 10.8 Å². The lowest BCUT2D eigenvalue weighted by Gasteiger charge is -2.33. The molecule has 2 nitrogen and oxygen atoms in total. The van der Waals surface area contributed by atoms with Crippen molar-refractivity contribution in [3.63, 3.8) is 0 Å². The molecular weight excluding hydrogens is 529 g/mol. The molecule has 0 atom stereocenters. The van der Waals surface area contributed by atoms with Crippen molar-refractivity contribution < 1.29 is 9.47 Å². The Labute approximate surface area is 255 Å². The molecule has 0 spiro atoms. The Kier molecular flexibility index (Phi) is 12.9. The molecule has 0 aromatic heterocycles. The highest BCUT2D eigenvalue weighted by Crippen LogP contribution is 2.48. The Morgan fingerprint density at radius 2 is 0.900 bits per heavy atom. The lowest BCUT2D eigenvalue weighted by Crippen LogP contribution is -2.25. The maximum absolute atomic E-state index is 6.31. The first kappa shape index (κ1) is 34.9. The second-order valence-corrected chi connectivity index (χ2v) is 17.3. The maximum Gasteiger partial charge on any atom is 0.133 e. The van der Waals surface area contributed by atoms with Crippen LogP contribution in [0, 0.1) is 10.8 Å². The molecule has 0 bridgehead atoms. The van der Waals surface area contributed by atoms with E-state index >= 15 is 0 Å². The van der Waals surface area contributed by atoms with E-state index in [2.05, 4.69) is 119 Å². The molecule has 0 aliphatic rings. The van der Waals surface area contributed by atoms with Crippen LogP contribution in [0.2, 0.25) is 0 Å². The Hall–Kier alpha value is -1.26. The Morgan fingerprint density at radius 1 is 0.550 bits per heavy atom. The van der Waals surface area contributed by atoms with Crippen LogP contribution >= 0.6 is 21.6 Å². The maximum atomic E-state index is 6.31. The summed E-state index contributed by atoms with van der Waals surface area (Å²) in [4.78, 5) is 2.39. The molecule has 0 saturated heterocycles. The minimum atomic E-state index is 0.0749. The highest BCUT2D eigenvalue weighted by Gasteiger charge is 2.29. The van der Waals surface area contributed by atoms with Crippen molar-refractivity contribution >= 4 is 21.6 Å². The van der Waals surface area contributed by atoms with Gasteiger partial charge in [-0.05, 0) is 104 Å². The van der Waals surface area contributed by atoms with Crippen LogP contribution in [0.1, 0.15) is 133 Å². The third kappa shape index (κ3) is 11.6. The van der Waals surface area contributed by atoms with Crippen LogP contribution in [0.3, 0.4) is 0 Å². The number of hydrogen-bond donors (Lipinski definition) is 0. The summed E-state index contributed by atoms with van der Waals surface area (Å²) in [6.07, 6.45) is 6.62. The second-order valence-electron chi connectivity index (χ2n) is 15.1. The molecule has 0 amide bonds. The Balaban J connectivity index is 2.45. The molecule has 2 aromatic rings. The molecular formula is C36H58O2S2. The monoisotopic (exact) mass is 586 g/mol. The SMILES string of the molecule is CCCCOc1ccc(C(C)(C)CC(C)(C)C)cc1SSc1cc(C(C)(C)CC(C)(C)C)ccc1OCCCC. The van der Waals surface area contributed by atoms with Crippen molar-refractivity contribution in [2.24, 2.45) is 10.8 Å². The molecule has 0 radical (unpaired) electrons. The molecule has 0 heterocycles. The van der Waals surface area contributed by atoms with Crippen LogP contribution < -0.4 is 9.47 Å². The molecule has 4 heteroatoms. The van der Waals surface area contributed by atoms with Gasteiger partial charge in [0.25, 0.3) is 0 Å². The van der Waals surface area contributed by atoms with E-state index in [1.165, 1.54) is 20.9 Å². The minimum Gasteiger partial charge on any atom is -0.492 e. The number of ether oxygens (including phenoxy) is 2. The zero-order chi connectivity index (χ0) is 30.2. The van der Waals surface area contributed by atoms with Crippen molar-refractivity contribution in [1.82, 2.24) is 0 Å². The van der Waals surface area contributed by atoms with Crippen molar-refractivity contribution in [3.8, 4) is 11.5 Å². The predicted molar refractivity (Wildman–Crippen MR) is 180 cm³/mol. The molecule has 0 N–H and O–H groups in total. The summed E-state index contributed by atoms with van der Waals surface area (Å²) in [6.45, 7) is 29.4. The van der Waals surface area contributed by atoms with Crippen LogP contribution in [0.5, 0.6) is 11.5 Å². The van der Waals surface area contributed by atoms with Gasteiger partial charge < -0.3 is 9.47 Å². The third-order valence-corrected chi connectivity index (χ3v) is 9.53. The van der Waals surface area contributed by atoms with Gasteiger partial charge in [-0.3, -0.25) is 0 Å². The molecule has 226 valence electrons. The van der Waals surface area contributed by atoms with E-state index in [1.807, 2.05) is 0 Å². The summed E-state index contributed by atoms with van der Waals surface area (Å²) in [5.41, 5.74) is 3.40. The molecule has 2 rings (SSSR count). The van der Waals surface area contributed by atoms with E-state index in [0.29, 0.717) is 0 Å². The van der Waals surface area contributed by atoms with E-state index in [1.54, 1.807) is 21.6 Å². The lowest BCUT2D eigenvalue weighted by atomic mass is 9.72. The standard InChI is InChI=1S/C36H58O2S2/c1-13-15-21-37-29-19-17-27(35(9,10)25-33(3,4)5)23-31(29)39-40-32-24-28(36(11,12)26-34(6,7)8)18-20-30(32)38-22-16-14-2/h17-20,23-24H,13-16,21-22,25-26H2,1-12H3. The van der Waals surface area contributed by atoms with Crippen molar-refractivity contribution in [2.45, 2.75) is 142 Å². The van der Waals surface area contributed by atoms with Gasteiger partial charge in [-0.15, -0.1) is 0 Å². The number of benzene rings is 2. The number of rotatable bonds is 15.